The molecule has 2 N–H and O–H groups in total. The first-order valence-corrected chi connectivity index (χ1v) is 19.5. The number of nitrogens with zero attached hydrogens (tertiary/aromatic N) is 2. The van der Waals surface area contributed by atoms with E-state index >= 15 is 0 Å². The number of sulfonamides is 1. The minimum Gasteiger partial charge on any atom is -0.530 e. The lowest BCUT2D eigenvalue weighted by Crippen LogP contribution is -2.61. The topological polar surface area (TPSA) is 167 Å². The van der Waals surface area contributed by atoms with Gasteiger partial charge in [-0.3, -0.25) is 4.79 Å². The number of unbranched alkanes of at least 4 members (excludes halogenated alkanes) is 2. The molecule has 0 aromatic heterocycles. The SMILES string of the molecule is CC(C)(CCCCCNC(=O)C1CC1)CN(C[C@@H](O)[C@H](Cc1ccccc1)N(C(=O)[O-])[C@H]1CO[C@H]2OCC[C@H]21)S(=O)(=O)c1ccc2c(c1)OCO2. The molecule has 51 heavy (non-hydrogen) atoms. The maximum atomic E-state index is 14.5. The predicted molar refractivity (Wildman–Crippen MR) is 184 cm³/mol. The molecule has 2 saturated heterocycles. The van der Waals surface area contributed by atoms with Crippen LogP contribution in [0.4, 0.5) is 4.79 Å². The number of hydrogen-bond donors (Lipinski definition) is 2. The first-order chi connectivity index (χ1) is 24.4. The molecule has 1 aliphatic carbocycles. The van der Waals surface area contributed by atoms with Gasteiger partial charge in [0.15, 0.2) is 17.8 Å². The van der Waals surface area contributed by atoms with Crippen molar-refractivity contribution in [3.05, 3.63) is 54.1 Å². The van der Waals surface area contributed by atoms with E-state index in [2.05, 4.69) is 5.32 Å². The highest BCUT2D eigenvalue weighted by Gasteiger charge is 2.47. The summed E-state index contributed by atoms with van der Waals surface area (Å²) in [5.74, 6) is 0.808. The van der Waals surface area contributed by atoms with Crippen molar-refractivity contribution in [3.8, 4) is 11.5 Å². The number of fused-ring (bicyclic) bond motifs is 2. The van der Waals surface area contributed by atoms with Gasteiger partial charge in [-0.1, -0.05) is 57.0 Å². The number of carbonyl (C=O) groups excluding carboxylic acids is 2. The van der Waals surface area contributed by atoms with E-state index in [1.54, 1.807) is 6.07 Å². The van der Waals surface area contributed by atoms with E-state index in [4.69, 9.17) is 18.9 Å². The Balaban J connectivity index is 1.23. The minimum atomic E-state index is -4.22. The lowest BCUT2D eigenvalue weighted by molar-refractivity contribution is -0.273. The molecule has 3 aliphatic heterocycles. The Morgan fingerprint density at radius 3 is 2.53 bits per heavy atom. The molecule has 0 unspecified atom stereocenters. The first-order valence-electron chi connectivity index (χ1n) is 18.0. The molecule has 3 fully saturated rings. The molecule has 14 heteroatoms. The van der Waals surface area contributed by atoms with Crippen LogP contribution in [0.15, 0.2) is 53.4 Å². The number of carbonyl (C=O) groups is 2. The number of aliphatic hydroxyl groups is 1. The Bertz CT molecular complexity index is 1620. The molecule has 6 rings (SSSR count). The molecule has 3 heterocycles. The van der Waals surface area contributed by atoms with Gasteiger partial charge < -0.3 is 44.2 Å². The molecule has 2 aromatic carbocycles. The maximum Gasteiger partial charge on any atom is 0.243 e. The number of benzene rings is 2. The summed E-state index contributed by atoms with van der Waals surface area (Å²) in [5.41, 5.74) is 0.265. The quantitative estimate of drug-likeness (QED) is 0.218. The second-order valence-electron chi connectivity index (χ2n) is 14.9. The Labute approximate surface area is 300 Å². The van der Waals surface area contributed by atoms with E-state index in [0.29, 0.717) is 37.5 Å². The Morgan fingerprint density at radius 1 is 1.02 bits per heavy atom. The minimum absolute atomic E-state index is 0.0173. The van der Waals surface area contributed by atoms with Gasteiger partial charge in [0.1, 0.15) is 6.09 Å². The summed E-state index contributed by atoms with van der Waals surface area (Å²) in [6, 6.07) is 12.0. The molecule has 13 nitrogen and oxygen atoms in total. The van der Waals surface area contributed by atoms with Crippen LogP contribution in [-0.4, -0.2) is 98.8 Å². The van der Waals surface area contributed by atoms with Crippen LogP contribution in [0.2, 0.25) is 0 Å². The van der Waals surface area contributed by atoms with E-state index in [1.807, 2.05) is 44.2 Å². The smallest absolute Gasteiger partial charge is 0.243 e. The molecular formula is C37H50N3O10S-. The van der Waals surface area contributed by atoms with Gasteiger partial charge in [0.05, 0.1) is 36.3 Å². The highest BCUT2D eigenvalue weighted by molar-refractivity contribution is 7.89. The summed E-state index contributed by atoms with van der Waals surface area (Å²) in [6.07, 6.45) is 2.40. The van der Waals surface area contributed by atoms with Crippen molar-refractivity contribution in [2.45, 2.75) is 94.6 Å². The molecular weight excluding hydrogens is 678 g/mol. The summed E-state index contributed by atoms with van der Waals surface area (Å²) in [5, 5.41) is 28.0. The number of amides is 2. The van der Waals surface area contributed by atoms with Gasteiger partial charge in [-0.25, -0.2) is 8.42 Å². The summed E-state index contributed by atoms with van der Waals surface area (Å²) < 4.78 is 52.6. The second kappa shape index (κ2) is 16.1. The van der Waals surface area contributed by atoms with Gasteiger partial charge in [0.25, 0.3) is 0 Å². The summed E-state index contributed by atoms with van der Waals surface area (Å²) in [6.45, 7) is 4.78. The number of rotatable bonds is 18. The molecule has 2 aromatic rings. The number of carboxylic acid groups (broad SMARTS) is 1. The van der Waals surface area contributed by atoms with Crippen molar-refractivity contribution in [2.24, 2.45) is 17.3 Å². The number of ether oxygens (including phenoxy) is 4. The van der Waals surface area contributed by atoms with E-state index in [1.165, 1.54) is 16.4 Å². The Hall–Kier alpha value is -3.43. The van der Waals surface area contributed by atoms with Gasteiger partial charge in [-0.15, -0.1) is 0 Å². The van der Waals surface area contributed by atoms with Crippen molar-refractivity contribution in [1.82, 2.24) is 14.5 Å². The fourth-order valence-electron chi connectivity index (χ4n) is 7.45. The lowest BCUT2D eigenvalue weighted by atomic mass is 9.86. The van der Waals surface area contributed by atoms with Gasteiger partial charge in [-0.05, 0) is 61.6 Å². The van der Waals surface area contributed by atoms with Gasteiger partial charge in [0, 0.05) is 37.5 Å². The van der Waals surface area contributed by atoms with Crippen molar-refractivity contribution >= 4 is 22.0 Å². The molecule has 0 radical (unpaired) electrons. The monoisotopic (exact) mass is 728 g/mol. The largest absolute Gasteiger partial charge is 0.530 e. The van der Waals surface area contributed by atoms with E-state index in [0.717, 1.165) is 42.6 Å². The Kier molecular flexibility index (Phi) is 11.8. The van der Waals surface area contributed by atoms with Crippen LogP contribution in [0.25, 0.3) is 0 Å². The molecule has 280 valence electrons. The fourth-order valence-corrected chi connectivity index (χ4v) is 9.11. The molecule has 2 amide bonds. The second-order valence-corrected chi connectivity index (χ2v) is 16.9. The Morgan fingerprint density at radius 2 is 1.78 bits per heavy atom. The fraction of sp³-hybridized carbons (Fsp3) is 0.622. The molecule has 0 bridgehead atoms. The van der Waals surface area contributed by atoms with Crippen LogP contribution in [0.5, 0.6) is 11.5 Å². The van der Waals surface area contributed by atoms with Crippen molar-refractivity contribution in [3.63, 3.8) is 0 Å². The van der Waals surface area contributed by atoms with Crippen LogP contribution < -0.4 is 19.9 Å². The highest BCUT2D eigenvalue weighted by Crippen LogP contribution is 2.38. The molecule has 5 atom stereocenters. The number of nitrogens with one attached hydrogen (secondary N) is 1. The highest BCUT2D eigenvalue weighted by atomic mass is 32.2. The number of aliphatic hydroxyl groups excluding tert-OH is 1. The van der Waals surface area contributed by atoms with E-state index < -0.39 is 46.0 Å². The van der Waals surface area contributed by atoms with Crippen LogP contribution in [0, 0.1) is 17.3 Å². The third-order valence-corrected chi connectivity index (χ3v) is 12.2. The first kappa shape index (κ1) is 37.3. The average Bonchev–Trinajstić information content (AvgIpc) is 3.46. The summed E-state index contributed by atoms with van der Waals surface area (Å²) in [4.78, 5) is 26.1. The zero-order chi connectivity index (χ0) is 36.2. The maximum absolute atomic E-state index is 14.5. The van der Waals surface area contributed by atoms with Crippen LogP contribution in [-0.2, 0) is 30.7 Å². The standard InChI is InChI=1S/C37H51N3O10S/c1-37(2,16-7-4-8-17-38-34(42)26-11-12-26)23-39(51(45,46)27-13-14-32-33(20-27)50-24-49-32)21-31(41)29(19-25-9-5-3-6-10-25)40(36(43)44)30-22-48-35-28(30)15-18-47-35/h3,5-6,9-10,13-14,20,26,28-31,35,41H,4,7-8,11-12,15-19,21-24H2,1-2H3,(H,38,42)(H,43,44)/p-1/t28-,29-,30-,31+,35+/m0/s1. The van der Waals surface area contributed by atoms with Crippen LogP contribution in [0.1, 0.15) is 64.4 Å². The zero-order valence-corrected chi connectivity index (χ0v) is 30.2. The average molecular weight is 729 g/mol. The van der Waals surface area contributed by atoms with Crippen molar-refractivity contribution in [1.29, 1.82) is 0 Å². The predicted octanol–water partition coefficient (Wildman–Crippen LogP) is 2.90. The van der Waals surface area contributed by atoms with Gasteiger partial charge in [-0.2, -0.15) is 4.31 Å². The third-order valence-electron chi connectivity index (χ3n) is 10.4. The van der Waals surface area contributed by atoms with Crippen molar-refractivity contribution in [2.75, 3.05) is 39.6 Å². The van der Waals surface area contributed by atoms with E-state index in [-0.39, 0.29) is 55.5 Å². The normalized spacial score (nSPS) is 22.5. The molecule has 0 spiro atoms. The summed E-state index contributed by atoms with van der Waals surface area (Å²) >= 11 is 0. The number of hydrogen-bond acceptors (Lipinski definition) is 10. The summed E-state index contributed by atoms with van der Waals surface area (Å²) in [7, 11) is -4.22. The van der Waals surface area contributed by atoms with Crippen molar-refractivity contribution < 1.29 is 47.2 Å². The third kappa shape index (κ3) is 9.15. The molecule has 4 aliphatic rings. The van der Waals surface area contributed by atoms with Crippen LogP contribution in [0.3, 0.4) is 0 Å². The zero-order valence-electron chi connectivity index (χ0n) is 29.4. The van der Waals surface area contributed by atoms with E-state index in [9.17, 15) is 28.2 Å². The van der Waals surface area contributed by atoms with Crippen LogP contribution >= 0.6 is 0 Å². The van der Waals surface area contributed by atoms with Gasteiger partial charge in [0.2, 0.25) is 22.7 Å². The van der Waals surface area contributed by atoms with Gasteiger partial charge >= 0.3 is 0 Å². The lowest BCUT2D eigenvalue weighted by Gasteiger charge is -2.43. The molecule has 1 saturated carbocycles.